The molecule has 1 aromatic rings. The first-order valence-electron chi connectivity index (χ1n) is 7.50. The summed E-state index contributed by atoms with van der Waals surface area (Å²) >= 11 is 0. The molecule has 0 aliphatic carbocycles. The fourth-order valence-electron chi connectivity index (χ4n) is 1.81. The van der Waals surface area contributed by atoms with Crippen LogP contribution in [0.3, 0.4) is 0 Å². The van der Waals surface area contributed by atoms with Gasteiger partial charge in [-0.3, -0.25) is 9.79 Å². The van der Waals surface area contributed by atoms with Crippen LogP contribution in [-0.2, 0) is 11.2 Å². The van der Waals surface area contributed by atoms with Crippen molar-refractivity contribution in [1.29, 1.82) is 0 Å². The third-order valence-corrected chi connectivity index (χ3v) is 3.11. The molecule has 0 bridgehead atoms. The van der Waals surface area contributed by atoms with Gasteiger partial charge >= 0.3 is 0 Å². The van der Waals surface area contributed by atoms with E-state index in [1.165, 1.54) is 6.07 Å². The number of nitrogens with zero attached hydrogens (tertiary/aromatic N) is 1. The lowest BCUT2D eigenvalue weighted by molar-refractivity contribution is -0.123. The van der Waals surface area contributed by atoms with Gasteiger partial charge in [-0.25, -0.2) is 4.39 Å². The van der Waals surface area contributed by atoms with Crippen LogP contribution in [-0.4, -0.2) is 38.5 Å². The maximum Gasteiger partial charge on any atom is 0.222 e. The zero-order chi connectivity index (χ0) is 16.4. The average Bonchev–Trinajstić information content (AvgIpc) is 2.51. The Morgan fingerprint density at radius 1 is 1.14 bits per heavy atom. The van der Waals surface area contributed by atoms with Gasteiger partial charge in [0.2, 0.25) is 5.91 Å². The number of amides is 1. The zero-order valence-electron chi connectivity index (χ0n) is 13.4. The lowest BCUT2D eigenvalue weighted by Gasteiger charge is -2.13. The lowest BCUT2D eigenvalue weighted by Crippen LogP contribution is -2.42. The van der Waals surface area contributed by atoms with E-state index in [-0.39, 0.29) is 17.6 Å². The molecule has 0 spiro atoms. The number of carbonyl (C=O) groups is 1. The van der Waals surface area contributed by atoms with E-state index in [4.69, 9.17) is 0 Å². The van der Waals surface area contributed by atoms with Crippen LogP contribution in [0.1, 0.15) is 19.4 Å². The molecule has 0 fully saturated rings. The van der Waals surface area contributed by atoms with Gasteiger partial charge in [0.1, 0.15) is 5.82 Å². The highest BCUT2D eigenvalue weighted by molar-refractivity contribution is 5.80. The lowest BCUT2D eigenvalue weighted by atomic mass is 10.1. The molecule has 0 aromatic heterocycles. The summed E-state index contributed by atoms with van der Waals surface area (Å²) in [6.07, 6.45) is 0.581. The molecule has 22 heavy (non-hydrogen) atoms. The summed E-state index contributed by atoms with van der Waals surface area (Å²) < 4.78 is 13.5. The van der Waals surface area contributed by atoms with E-state index in [1.807, 2.05) is 19.9 Å². The minimum absolute atomic E-state index is 0.0155. The minimum Gasteiger partial charge on any atom is -0.356 e. The summed E-state index contributed by atoms with van der Waals surface area (Å²) in [5.74, 6) is 0.460. The van der Waals surface area contributed by atoms with Crippen LogP contribution in [0.25, 0.3) is 0 Å². The zero-order valence-corrected chi connectivity index (χ0v) is 13.4. The van der Waals surface area contributed by atoms with Gasteiger partial charge in [-0.15, -0.1) is 0 Å². The van der Waals surface area contributed by atoms with Crippen LogP contribution in [0.2, 0.25) is 0 Å². The number of halogens is 1. The summed E-state index contributed by atoms with van der Waals surface area (Å²) in [5, 5.41) is 9.03. The predicted molar refractivity (Wildman–Crippen MR) is 87.3 cm³/mol. The van der Waals surface area contributed by atoms with Gasteiger partial charge in [-0.05, 0) is 18.1 Å². The van der Waals surface area contributed by atoms with Gasteiger partial charge in [0.25, 0.3) is 0 Å². The summed E-state index contributed by atoms with van der Waals surface area (Å²) in [7, 11) is 1.67. The van der Waals surface area contributed by atoms with E-state index in [2.05, 4.69) is 20.9 Å². The third kappa shape index (κ3) is 6.56. The number of hydrogen-bond donors (Lipinski definition) is 3. The Balaban J connectivity index is 2.23. The van der Waals surface area contributed by atoms with E-state index in [0.717, 1.165) is 0 Å². The first-order valence-corrected chi connectivity index (χ1v) is 7.50. The van der Waals surface area contributed by atoms with Crippen LogP contribution >= 0.6 is 0 Å². The molecule has 0 aliphatic rings. The van der Waals surface area contributed by atoms with Gasteiger partial charge in [-0.2, -0.15) is 0 Å². The van der Waals surface area contributed by atoms with Crippen LogP contribution < -0.4 is 16.0 Å². The van der Waals surface area contributed by atoms with Crippen molar-refractivity contribution in [3.05, 3.63) is 35.6 Å². The van der Waals surface area contributed by atoms with Gasteiger partial charge in [-0.1, -0.05) is 32.0 Å². The van der Waals surface area contributed by atoms with Crippen molar-refractivity contribution in [2.75, 3.05) is 26.7 Å². The average molecular weight is 308 g/mol. The molecule has 0 saturated carbocycles. The fourth-order valence-corrected chi connectivity index (χ4v) is 1.81. The minimum atomic E-state index is -0.191. The predicted octanol–water partition coefficient (Wildman–Crippen LogP) is 1.31. The van der Waals surface area contributed by atoms with Gasteiger partial charge in [0, 0.05) is 32.6 Å². The quantitative estimate of drug-likeness (QED) is 0.404. The standard InChI is InChI=1S/C16H25FN4O/c1-12(2)15(22)19-10-11-21-16(18-3)20-9-8-13-6-4-5-7-14(13)17/h4-7,12H,8-11H2,1-3H3,(H,19,22)(H2,18,20,21). The smallest absolute Gasteiger partial charge is 0.222 e. The van der Waals surface area contributed by atoms with E-state index in [9.17, 15) is 9.18 Å². The summed E-state index contributed by atoms with van der Waals surface area (Å²) in [4.78, 5) is 15.5. The van der Waals surface area contributed by atoms with Crippen molar-refractivity contribution < 1.29 is 9.18 Å². The molecule has 0 saturated heterocycles. The molecule has 6 heteroatoms. The number of guanidine groups is 1. The summed E-state index contributed by atoms with van der Waals surface area (Å²) in [6.45, 7) is 5.40. The molecule has 122 valence electrons. The van der Waals surface area contributed by atoms with Crippen molar-refractivity contribution in [3.8, 4) is 0 Å². The van der Waals surface area contributed by atoms with E-state index in [1.54, 1.807) is 19.2 Å². The van der Waals surface area contributed by atoms with Crippen molar-refractivity contribution in [3.63, 3.8) is 0 Å². The summed E-state index contributed by atoms with van der Waals surface area (Å²) in [6, 6.07) is 6.73. The molecule has 3 N–H and O–H groups in total. The topological polar surface area (TPSA) is 65.5 Å². The second kappa shape index (κ2) is 9.76. The first kappa shape index (κ1) is 17.9. The SMILES string of the molecule is CN=C(NCCNC(=O)C(C)C)NCCc1ccccc1F. The normalized spacial score (nSPS) is 11.4. The molecule has 1 aromatic carbocycles. The number of nitrogens with one attached hydrogen (secondary N) is 3. The van der Waals surface area contributed by atoms with Gasteiger partial charge < -0.3 is 16.0 Å². The first-order chi connectivity index (χ1) is 10.5. The monoisotopic (exact) mass is 308 g/mol. The largest absolute Gasteiger partial charge is 0.356 e. The molecule has 1 amide bonds. The third-order valence-electron chi connectivity index (χ3n) is 3.11. The molecule has 5 nitrogen and oxygen atoms in total. The maximum absolute atomic E-state index is 13.5. The maximum atomic E-state index is 13.5. The fraction of sp³-hybridized carbons (Fsp3) is 0.500. The number of carbonyl (C=O) groups excluding carboxylic acids is 1. The van der Waals surface area contributed by atoms with Crippen LogP contribution in [0.5, 0.6) is 0 Å². The number of aliphatic imine (C=N–C) groups is 1. The number of hydrogen-bond acceptors (Lipinski definition) is 2. The Bertz CT molecular complexity index is 503. The number of rotatable bonds is 7. The van der Waals surface area contributed by atoms with Gasteiger partial charge in [0.05, 0.1) is 0 Å². The Morgan fingerprint density at radius 3 is 2.41 bits per heavy atom. The van der Waals surface area contributed by atoms with Crippen molar-refractivity contribution >= 4 is 11.9 Å². The number of benzene rings is 1. The van der Waals surface area contributed by atoms with E-state index < -0.39 is 0 Å². The highest BCUT2D eigenvalue weighted by Crippen LogP contribution is 2.05. The van der Waals surface area contributed by atoms with Crippen LogP contribution in [0, 0.1) is 11.7 Å². The molecular weight excluding hydrogens is 283 g/mol. The Labute approximate surface area is 131 Å². The Kier molecular flexibility index (Phi) is 7.96. The van der Waals surface area contributed by atoms with E-state index >= 15 is 0 Å². The molecule has 0 radical (unpaired) electrons. The van der Waals surface area contributed by atoms with Crippen molar-refractivity contribution in [2.45, 2.75) is 20.3 Å². The van der Waals surface area contributed by atoms with Crippen molar-refractivity contribution in [2.24, 2.45) is 10.9 Å². The molecule has 1 rings (SSSR count). The summed E-state index contributed by atoms with van der Waals surface area (Å²) in [5.41, 5.74) is 0.676. The Morgan fingerprint density at radius 2 is 1.77 bits per heavy atom. The van der Waals surface area contributed by atoms with Crippen LogP contribution in [0.4, 0.5) is 4.39 Å². The van der Waals surface area contributed by atoms with E-state index in [0.29, 0.717) is 37.6 Å². The molecule has 0 unspecified atom stereocenters. The van der Waals surface area contributed by atoms with Crippen LogP contribution in [0.15, 0.2) is 29.3 Å². The molecule has 0 atom stereocenters. The molecular formula is C16H25FN4O. The highest BCUT2D eigenvalue weighted by Gasteiger charge is 2.05. The second-order valence-corrected chi connectivity index (χ2v) is 5.21. The second-order valence-electron chi connectivity index (χ2n) is 5.21. The molecule has 0 heterocycles. The Hall–Kier alpha value is -2.11. The van der Waals surface area contributed by atoms with Crippen molar-refractivity contribution in [1.82, 2.24) is 16.0 Å². The molecule has 0 aliphatic heterocycles. The highest BCUT2D eigenvalue weighted by atomic mass is 19.1. The van der Waals surface area contributed by atoms with Gasteiger partial charge in [0.15, 0.2) is 5.96 Å².